The molecular formula is C14H10BrFO3. The summed E-state index contributed by atoms with van der Waals surface area (Å²) in [4.78, 5) is 11.0. The number of ether oxygens (including phenoxy) is 1. The van der Waals surface area contributed by atoms with Gasteiger partial charge >= 0.3 is 5.97 Å². The molecule has 5 heteroatoms. The lowest BCUT2D eigenvalue weighted by Gasteiger charge is -2.10. The van der Waals surface area contributed by atoms with E-state index in [2.05, 4.69) is 15.9 Å². The van der Waals surface area contributed by atoms with Gasteiger partial charge in [-0.15, -0.1) is 0 Å². The quantitative estimate of drug-likeness (QED) is 0.928. The molecule has 0 fully saturated rings. The average Bonchev–Trinajstić information content (AvgIpc) is 2.37. The molecule has 0 bridgehead atoms. The van der Waals surface area contributed by atoms with Crippen molar-refractivity contribution in [3.05, 3.63) is 63.9 Å². The summed E-state index contributed by atoms with van der Waals surface area (Å²) in [7, 11) is 0. The first kappa shape index (κ1) is 13.5. The molecule has 0 aliphatic rings. The summed E-state index contributed by atoms with van der Waals surface area (Å²) in [5, 5.41) is 8.97. The van der Waals surface area contributed by atoms with E-state index in [0.717, 1.165) is 16.1 Å². The number of rotatable bonds is 4. The molecule has 0 radical (unpaired) electrons. The van der Waals surface area contributed by atoms with Gasteiger partial charge in [0.1, 0.15) is 23.7 Å². The molecule has 2 aromatic carbocycles. The van der Waals surface area contributed by atoms with Gasteiger partial charge in [-0.1, -0.05) is 40.2 Å². The topological polar surface area (TPSA) is 46.5 Å². The Morgan fingerprint density at radius 1 is 1.21 bits per heavy atom. The summed E-state index contributed by atoms with van der Waals surface area (Å²) in [6.45, 7) is 0.158. The molecule has 1 N–H and O–H groups in total. The minimum absolute atomic E-state index is 0.0169. The van der Waals surface area contributed by atoms with Crippen molar-refractivity contribution in [1.82, 2.24) is 0 Å². The number of carboxylic acids is 1. The second-order valence-corrected chi connectivity index (χ2v) is 4.65. The minimum atomic E-state index is -1.35. The zero-order valence-electron chi connectivity index (χ0n) is 9.77. The molecule has 0 spiro atoms. The molecule has 0 aliphatic heterocycles. The van der Waals surface area contributed by atoms with Gasteiger partial charge in [-0.25, -0.2) is 9.18 Å². The third-order valence-electron chi connectivity index (χ3n) is 2.53. The molecular weight excluding hydrogens is 315 g/mol. The fraction of sp³-hybridized carbons (Fsp3) is 0.0714. The molecule has 98 valence electrons. The maximum Gasteiger partial charge on any atom is 0.342 e. The molecule has 0 aliphatic carbocycles. The zero-order chi connectivity index (χ0) is 13.8. The van der Waals surface area contributed by atoms with Gasteiger partial charge in [0.25, 0.3) is 0 Å². The second kappa shape index (κ2) is 5.84. The number of benzene rings is 2. The number of hydrogen-bond acceptors (Lipinski definition) is 2. The van der Waals surface area contributed by atoms with Crippen molar-refractivity contribution >= 4 is 21.9 Å². The number of aromatic carboxylic acids is 1. The van der Waals surface area contributed by atoms with Gasteiger partial charge in [0, 0.05) is 10.0 Å². The van der Waals surface area contributed by atoms with Crippen molar-refractivity contribution in [2.24, 2.45) is 0 Å². The molecule has 0 aromatic heterocycles. The fourth-order valence-electron chi connectivity index (χ4n) is 1.60. The van der Waals surface area contributed by atoms with Crippen LogP contribution in [0.4, 0.5) is 4.39 Å². The Morgan fingerprint density at radius 3 is 2.63 bits per heavy atom. The Hall–Kier alpha value is -1.88. The van der Waals surface area contributed by atoms with Crippen LogP contribution in [-0.2, 0) is 6.61 Å². The highest BCUT2D eigenvalue weighted by Gasteiger charge is 2.17. The molecule has 0 saturated carbocycles. The van der Waals surface area contributed by atoms with E-state index in [0.29, 0.717) is 0 Å². The van der Waals surface area contributed by atoms with Crippen LogP contribution in [0.1, 0.15) is 15.9 Å². The highest BCUT2D eigenvalue weighted by atomic mass is 79.9. The predicted molar refractivity (Wildman–Crippen MR) is 71.8 cm³/mol. The summed E-state index contributed by atoms with van der Waals surface area (Å²) in [5.41, 5.74) is 0.401. The Labute approximate surface area is 117 Å². The van der Waals surface area contributed by atoms with Gasteiger partial charge in [-0.3, -0.25) is 0 Å². The fourth-order valence-corrected chi connectivity index (χ4v) is 2.00. The maximum atomic E-state index is 13.4. The predicted octanol–water partition coefficient (Wildman–Crippen LogP) is 3.87. The average molecular weight is 325 g/mol. The summed E-state index contributed by atoms with van der Waals surface area (Å²) < 4.78 is 19.7. The van der Waals surface area contributed by atoms with Gasteiger partial charge in [-0.2, -0.15) is 0 Å². The number of carbonyl (C=O) groups is 1. The van der Waals surface area contributed by atoms with E-state index in [4.69, 9.17) is 9.84 Å². The third kappa shape index (κ3) is 3.12. The van der Waals surface area contributed by atoms with E-state index >= 15 is 0 Å². The van der Waals surface area contributed by atoms with Crippen molar-refractivity contribution in [1.29, 1.82) is 0 Å². The van der Waals surface area contributed by atoms with Gasteiger partial charge in [0.05, 0.1) is 0 Å². The molecule has 2 rings (SSSR count). The van der Waals surface area contributed by atoms with Crippen molar-refractivity contribution in [3.8, 4) is 5.75 Å². The molecule has 0 unspecified atom stereocenters. The van der Waals surface area contributed by atoms with Crippen molar-refractivity contribution in [2.75, 3.05) is 0 Å². The molecule has 0 amide bonds. The number of halogens is 2. The highest BCUT2D eigenvalue weighted by molar-refractivity contribution is 9.10. The SMILES string of the molecule is O=C(O)c1c(F)cccc1OCc1ccccc1Br. The Balaban J connectivity index is 2.23. The van der Waals surface area contributed by atoms with Crippen LogP contribution in [0, 0.1) is 5.82 Å². The van der Waals surface area contributed by atoms with Gasteiger partial charge < -0.3 is 9.84 Å². The summed E-state index contributed by atoms with van der Waals surface area (Å²) >= 11 is 3.36. The van der Waals surface area contributed by atoms with Crippen LogP contribution in [-0.4, -0.2) is 11.1 Å². The van der Waals surface area contributed by atoms with Crippen molar-refractivity contribution < 1.29 is 19.0 Å². The first-order valence-corrected chi connectivity index (χ1v) is 6.27. The molecule has 0 saturated heterocycles. The van der Waals surface area contributed by atoms with Crippen LogP contribution in [0.5, 0.6) is 5.75 Å². The molecule has 0 heterocycles. The van der Waals surface area contributed by atoms with Crippen LogP contribution >= 0.6 is 15.9 Å². The summed E-state index contributed by atoms with van der Waals surface area (Å²) in [6, 6.07) is 11.3. The Morgan fingerprint density at radius 2 is 1.95 bits per heavy atom. The van der Waals surface area contributed by atoms with Crippen LogP contribution in [0.15, 0.2) is 46.9 Å². The van der Waals surface area contributed by atoms with Crippen LogP contribution in [0.2, 0.25) is 0 Å². The van der Waals surface area contributed by atoms with E-state index in [1.54, 1.807) is 0 Å². The molecule has 0 atom stereocenters. The smallest absolute Gasteiger partial charge is 0.342 e. The third-order valence-corrected chi connectivity index (χ3v) is 3.30. The van der Waals surface area contributed by atoms with E-state index in [-0.39, 0.29) is 12.4 Å². The van der Waals surface area contributed by atoms with E-state index in [1.807, 2.05) is 24.3 Å². The van der Waals surface area contributed by atoms with Gasteiger partial charge in [0.15, 0.2) is 0 Å². The van der Waals surface area contributed by atoms with Gasteiger partial charge in [0.2, 0.25) is 0 Å². The monoisotopic (exact) mass is 324 g/mol. The molecule has 2 aromatic rings. The maximum absolute atomic E-state index is 13.4. The lowest BCUT2D eigenvalue weighted by Crippen LogP contribution is -2.06. The van der Waals surface area contributed by atoms with Crippen molar-refractivity contribution in [3.63, 3.8) is 0 Å². The van der Waals surface area contributed by atoms with Crippen LogP contribution < -0.4 is 4.74 Å². The van der Waals surface area contributed by atoms with Crippen molar-refractivity contribution in [2.45, 2.75) is 6.61 Å². The summed E-state index contributed by atoms with van der Waals surface area (Å²) in [5.74, 6) is -2.14. The van der Waals surface area contributed by atoms with Crippen LogP contribution in [0.25, 0.3) is 0 Å². The summed E-state index contributed by atoms with van der Waals surface area (Å²) in [6.07, 6.45) is 0. The molecule has 3 nitrogen and oxygen atoms in total. The Kier molecular flexibility index (Phi) is 4.16. The lowest BCUT2D eigenvalue weighted by molar-refractivity contribution is 0.0686. The van der Waals surface area contributed by atoms with Crippen LogP contribution in [0.3, 0.4) is 0 Å². The van der Waals surface area contributed by atoms with Gasteiger partial charge in [-0.05, 0) is 18.2 Å². The normalized spacial score (nSPS) is 10.2. The largest absolute Gasteiger partial charge is 0.488 e. The van der Waals surface area contributed by atoms with E-state index in [1.165, 1.54) is 12.1 Å². The standard InChI is InChI=1S/C14H10BrFO3/c15-10-5-2-1-4-9(10)8-19-12-7-3-6-11(16)13(12)14(17)18/h1-7H,8H2,(H,17,18). The second-order valence-electron chi connectivity index (χ2n) is 3.80. The Bertz CT molecular complexity index is 613. The first-order valence-electron chi connectivity index (χ1n) is 5.47. The lowest BCUT2D eigenvalue weighted by atomic mass is 10.2. The minimum Gasteiger partial charge on any atom is -0.488 e. The number of carboxylic acid groups (broad SMARTS) is 1. The zero-order valence-corrected chi connectivity index (χ0v) is 11.4. The highest BCUT2D eigenvalue weighted by Crippen LogP contribution is 2.24. The first-order chi connectivity index (χ1) is 9.09. The number of hydrogen-bond donors (Lipinski definition) is 1. The molecule has 19 heavy (non-hydrogen) atoms. The van der Waals surface area contributed by atoms with E-state index < -0.39 is 17.3 Å². The van der Waals surface area contributed by atoms with E-state index in [9.17, 15) is 9.18 Å².